The van der Waals surface area contributed by atoms with E-state index >= 15 is 0 Å². The number of carbonyl (C=O) groups is 3. The van der Waals surface area contributed by atoms with Crippen molar-refractivity contribution in [1.29, 1.82) is 0 Å². The molecule has 35 heavy (non-hydrogen) atoms. The highest BCUT2D eigenvalue weighted by atomic mass is 16.5. The van der Waals surface area contributed by atoms with Gasteiger partial charge in [0.2, 0.25) is 0 Å². The summed E-state index contributed by atoms with van der Waals surface area (Å²) in [7, 11) is 1.30. The number of benzene rings is 1. The number of Topliss-reactive ketones (excluding diaryl/α,β-unsaturated/α-hetero) is 1. The molecule has 0 radical (unpaired) electrons. The number of ketones is 1. The Morgan fingerprint density at radius 3 is 2.43 bits per heavy atom. The molecule has 7 heteroatoms. The van der Waals surface area contributed by atoms with Crippen LogP contribution in [0.5, 0.6) is 5.75 Å². The van der Waals surface area contributed by atoms with Gasteiger partial charge in [-0.25, -0.2) is 4.79 Å². The second-order valence-corrected chi connectivity index (χ2v) is 9.76. The van der Waals surface area contributed by atoms with Gasteiger partial charge in [-0.1, -0.05) is 26.0 Å². The monoisotopic (exact) mass is 481 g/mol. The predicted molar refractivity (Wildman–Crippen MR) is 130 cm³/mol. The number of allylic oxidation sites excluding steroid dienone is 3. The summed E-state index contributed by atoms with van der Waals surface area (Å²) >= 11 is 0. The van der Waals surface area contributed by atoms with E-state index in [0.29, 0.717) is 29.9 Å². The number of esters is 2. The largest absolute Gasteiger partial charge is 0.494 e. The summed E-state index contributed by atoms with van der Waals surface area (Å²) < 4.78 is 16.6. The van der Waals surface area contributed by atoms with Crippen LogP contribution in [0.2, 0.25) is 0 Å². The summed E-state index contributed by atoms with van der Waals surface area (Å²) in [6.45, 7) is 6.38. The van der Waals surface area contributed by atoms with Crippen LogP contribution < -0.4 is 10.1 Å². The average Bonchev–Trinajstić information content (AvgIpc) is 3.35. The lowest BCUT2D eigenvalue weighted by Crippen LogP contribution is -2.43. The summed E-state index contributed by atoms with van der Waals surface area (Å²) in [6, 6.07) is 7.49. The fraction of sp³-hybridized carbons (Fsp3) is 0.536. The topological polar surface area (TPSA) is 90.9 Å². The SMILES string of the molecule is CCCOc1ccc([C@@H]2C(C(=O)OC3CCCC3)=C(C)NC3=C2C(=O)[C@H](C(=O)OC)[C@H](C)C3)cc1. The second-order valence-electron chi connectivity index (χ2n) is 9.76. The number of rotatable bonds is 7. The summed E-state index contributed by atoms with van der Waals surface area (Å²) in [5.41, 5.74) is 3.09. The minimum atomic E-state index is -0.902. The molecular weight excluding hydrogens is 446 g/mol. The third-order valence-corrected chi connectivity index (χ3v) is 7.23. The van der Waals surface area contributed by atoms with Crippen LogP contribution in [-0.2, 0) is 23.9 Å². The van der Waals surface area contributed by atoms with Crippen LogP contribution in [0.15, 0.2) is 46.8 Å². The lowest BCUT2D eigenvalue weighted by molar-refractivity contribution is -0.151. The van der Waals surface area contributed by atoms with Gasteiger partial charge in [0.25, 0.3) is 0 Å². The normalized spacial score (nSPS) is 24.7. The zero-order valence-corrected chi connectivity index (χ0v) is 21.0. The highest BCUT2D eigenvalue weighted by molar-refractivity contribution is 6.12. The smallest absolute Gasteiger partial charge is 0.337 e. The Balaban J connectivity index is 1.76. The van der Waals surface area contributed by atoms with Crippen molar-refractivity contribution in [3.63, 3.8) is 0 Å². The second kappa shape index (κ2) is 10.7. The molecule has 0 aromatic heterocycles. The van der Waals surface area contributed by atoms with Crippen LogP contribution in [-0.4, -0.2) is 37.5 Å². The maximum Gasteiger partial charge on any atom is 0.337 e. The molecule has 1 fully saturated rings. The van der Waals surface area contributed by atoms with E-state index in [4.69, 9.17) is 14.2 Å². The van der Waals surface area contributed by atoms with Gasteiger partial charge in [0.15, 0.2) is 5.78 Å². The lowest BCUT2D eigenvalue weighted by atomic mass is 9.69. The van der Waals surface area contributed by atoms with Gasteiger partial charge in [0.05, 0.1) is 19.3 Å². The van der Waals surface area contributed by atoms with E-state index in [2.05, 4.69) is 5.32 Å². The fourth-order valence-electron chi connectivity index (χ4n) is 5.48. The van der Waals surface area contributed by atoms with Crippen molar-refractivity contribution in [1.82, 2.24) is 5.32 Å². The molecule has 0 bridgehead atoms. The molecule has 1 aromatic rings. The Labute approximate surface area is 206 Å². The number of hydrogen-bond acceptors (Lipinski definition) is 7. The van der Waals surface area contributed by atoms with Gasteiger partial charge in [-0.3, -0.25) is 9.59 Å². The lowest BCUT2D eigenvalue weighted by Gasteiger charge is -2.38. The Bertz CT molecular complexity index is 1050. The van der Waals surface area contributed by atoms with Crippen molar-refractivity contribution < 1.29 is 28.6 Å². The van der Waals surface area contributed by atoms with E-state index in [0.717, 1.165) is 49.1 Å². The standard InChI is InChI=1S/C28H35NO6/c1-5-14-34-19-12-10-18(11-13-19)24-23(28(32)35-20-8-6-7-9-20)17(3)29-21-15-16(2)22(27(31)33-4)26(30)25(21)24/h10-13,16,20,22,24,29H,5-9,14-15H2,1-4H3/t16-,22-,24-/m1/s1. The molecule has 0 amide bonds. The van der Waals surface area contributed by atoms with Crippen molar-refractivity contribution >= 4 is 17.7 Å². The molecule has 0 saturated heterocycles. The van der Waals surface area contributed by atoms with Gasteiger partial charge in [0.1, 0.15) is 17.8 Å². The van der Waals surface area contributed by atoms with Crippen LogP contribution in [0.25, 0.3) is 0 Å². The zero-order valence-electron chi connectivity index (χ0n) is 21.0. The number of carbonyl (C=O) groups excluding carboxylic acids is 3. The van der Waals surface area contributed by atoms with Crippen molar-refractivity contribution in [3.05, 3.63) is 52.4 Å². The van der Waals surface area contributed by atoms with Crippen molar-refractivity contribution in [2.75, 3.05) is 13.7 Å². The Kier molecular flexibility index (Phi) is 7.63. The molecule has 7 nitrogen and oxygen atoms in total. The third kappa shape index (κ3) is 5.00. The van der Waals surface area contributed by atoms with Crippen molar-refractivity contribution in [2.45, 2.75) is 71.3 Å². The summed E-state index contributed by atoms with van der Waals surface area (Å²) in [5, 5.41) is 3.31. The first-order chi connectivity index (χ1) is 16.8. The third-order valence-electron chi connectivity index (χ3n) is 7.23. The summed E-state index contributed by atoms with van der Waals surface area (Å²) in [5.74, 6) is -2.28. The number of ether oxygens (including phenoxy) is 3. The van der Waals surface area contributed by atoms with E-state index in [1.54, 1.807) is 0 Å². The van der Waals surface area contributed by atoms with Gasteiger partial charge in [-0.05, 0) is 69.1 Å². The summed E-state index contributed by atoms with van der Waals surface area (Å²) in [6.07, 6.45) is 5.11. The van der Waals surface area contributed by atoms with Crippen LogP contribution >= 0.6 is 0 Å². The molecule has 4 rings (SSSR count). The van der Waals surface area contributed by atoms with Crippen LogP contribution in [0, 0.1) is 11.8 Å². The Morgan fingerprint density at radius 2 is 1.80 bits per heavy atom. The van der Waals surface area contributed by atoms with Gasteiger partial charge in [-0.2, -0.15) is 0 Å². The highest BCUT2D eigenvalue weighted by Crippen LogP contribution is 2.46. The Morgan fingerprint density at radius 1 is 1.11 bits per heavy atom. The molecular formula is C28H35NO6. The summed E-state index contributed by atoms with van der Waals surface area (Å²) in [4.78, 5) is 39.8. The van der Waals surface area contributed by atoms with Gasteiger partial charge in [-0.15, -0.1) is 0 Å². The molecule has 2 aliphatic carbocycles. The molecule has 1 N–H and O–H groups in total. The van der Waals surface area contributed by atoms with Crippen molar-refractivity contribution in [3.8, 4) is 5.75 Å². The van der Waals surface area contributed by atoms with Crippen LogP contribution in [0.3, 0.4) is 0 Å². The zero-order chi connectivity index (χ0) is 25.1. The van der Waals surface area contributed by atoms with E-state index < -0.39 is 23.8 Å². The molecule has 188 valence electrons. The molecule has 1 saturated carbocycles. The molecule has 1 heterocycles. The molecule has 0 unspecified atom stereocenters. The average molecular weight is 482 g/mol. The molecule has 3 aliphatic rings. The van der Waals surface area contributed by atoms with E-state index in [9.17, 15) is 14.4 Å². The van der Waals surface area contributed by atoms with Crippen molar-refractivity contribution in [2.24, 2.45) is 11.8 Å². The first-order valence-electron chi connectivity index (χ1n) is 12.6. The highest BCUT2D eigenvalue weighted by Gasteiger charge is 2.47. The molecule has 3 atom stereocenters. The first kappa shape index (κ1) is 25.0. The van der Waals surface area contributed by atoms with E-state index in [1.807, 2.05) is 45.0 Å². The minimum Gasteiger partial charge on any atom is -0.494 e. The number of hydrogen-bond donors (Lipinski definition) is 1. The van der Waals surface area contributed by atoms with Crippen LogP contribution in [0.1, 0.15) is 70.8 Å². The molecule has 0 spiro atoms. The number of nitrogens with one attached hydrogen (secondary N) is 1. The van der Waals surface area contributed by atoms with Gasteiger partial charge < -0.3 is 19.5 Å². The quantitative estimate of drug-likeness (QED) is 0.450. The molecule has 1 aromatic carbocycles. The van der Waals surface area contributed by atoms with Crippen LogP contribution in [0.4, 0.5) is 0 Å². The maximum atomic E-state index is 13.8. The fourth-order valence-corrected chi connectivity index (χ4v) is 5.48. The Hall–Kier alpha value is -3.09. The maximum absolute atomic E-state index is 13.8. The number of dihydropyridines is 1. The van der Waals surface area contributed by atoms with Gasteiger partial charge >= 0.3 is 11.9 Å². The minimum absolute atomic E-state index is 0.103. The molecule has 1 aliphatic heterocycles. The number of methoxy groups -OCH3 is 1. The predicted octanol–water partition coefficient (Wildman–Crippen LogP) is 4.57. The van der Waals surface area contributed by atoms with E-state index in [1.165, 1.54) is 7.11 Å². The van der Waals surface area contributed by atoms with Gasteiger partial charge in [0, 0.05) is 22.9 Å². The van der Waals surface area contributed by atoms with E-state index in [-0.39, 0.29) is 17.8 Å². The first-order valence-corrected chi connectivity index (χ1v) is 12.6.